The van der Waals surface area contributed by atoms with E-state index in [1.807, 2.05) is 41.9 Å². The Hall–Kier alpha value is -2.18. The fourth-order valence-corrected chi connectivity index (χ4v) is 3.02. The number of rotatable bonds is 3. The molecule has 1 fully saturated rings. The van der Waals surface area contributed by atoms with Crippen molar-refractivity contribution in [1.29, 1.82) is 0 Å². The second-order valence-corrected chi connectivity index (χ2v) is 5.48. The summed E-state index contributed by atoms with van der Waals surface area (Å²) in [4.78, 5) is 11.6. The number of hydrazine groups is 1. The van der Waals surface area contributed by atoms with Crippen LogP contribution in [0.1, 0.15) is 29.4 Å². The smallest absolute Gasteiger partial charge is 0.324 e. The highest BCUT2D eigenvalue weighted by atomic mass is 16.5. The molecule has 6 nitrogen and oxygen atoms in total. The van der Waals surface area contributed by atoms with E-state index in [0.29, 0.717) is 6.42 Å². The second kappa shape index (κ2) is 5.90. The number of para-hydroxylation sites is 1. The number of aromatic nitrogens is 2. The number of carbonyl (C=O) groups excluding carboxylic acids is 1. The van der Waals surface area contributed by atoms with Crippen molar-refractivity contribution in [3.05, 3.63) is 47.3 Å². The Balaban J connectivity index is 1.90. The van der Waals surface area contributed by atoms with Crippen molar-refractivity contribution in [2.75, 3.05) is 7.11 Å². The van der Waals surface area contributed by atoms with Gasteiger partial charge in [-0.05, 0) is 32.4 Å². The van der Waals surface area contributed by atoms with Gasteiger partial charge in [0.25, 0.3) is 0 Å². The third-order valence-electron chi connectivity index (χ3n) is 4.09. The first kappa shape index (κ1) is 14.7. The molecule has 0 amide bonds. The molecule has 22 heavy (non-hydrogen) atoms. The summed E-state index contributed by atoms with van der Waals surface area (Å²) < 4.78 is 6.73. The molecular weight excluding hydrogens is 280 g/mol. The van der Waals surface area contributed by atoms with E-state index in [-0.39, 0.29) is 18.1 Å². The van der Waals surface area contributed by atoms with Crippen LogP contribution >= 0.6 is 0 Å². The van der Waals surface area contributed by atoms with Crippen LogP contribution in [-0.2, 0) is 9.53 Å². The molecule has 0 radical (unpaired) electrons. The quantitative estimate of drug-likeness (QED) is 0.842. The molecule has 0 aliphatic carbocycles. The van der Waals surface area contributed by atoms with Gasteiger partial charge in [0.2, 0.25) is 0 Å². The molecule has 2 unspecified atom stereocenters. The lowest BCUT2D eigenvalue weighted by Crippen LogP contribution is -2.37. The molecule has 1 aliphatic rings. The summed E-state index contributed by atoms with van der Waals surface area (Å²) in [6, 6.07) is 9.75. The normalized spacial score (nSPS) is 21.0. The van der Waals surface area contributed by atoms with Crippen molar-refractivity contribution in [2.45, 2.75) is 32.4 Å². The molecule has 1 aliphatic heterocycles. The van der Waals surface area contributed by atoms with E-state index in [2.05, 4.69) is 22.9 Å². The van der Waals surface area contributed by atoms with Crippen LogP contribution in [0.4, 0.5) is 0 Å². The standard InChI is InChI=1S/C16H20N4O2/c1-10-15(13-9-14(18-17-13)16(21)22-3)11(2)20(19-10)12-7-5-4-6-8-12/h4-8,13-14,17-18H,9H2,1-3H3. The highest BCUT2D eigenvalue weighted by Gasteiger charge is 2.33. The maximum atomic E-state index is 11.6. The molecule has 2 atom stereocenters. The number of methoxy groups -OCH3 is 1. The largest absolute Gasteiger partial charge is 0.468 e. The van der Waals surface area contributed by atoms with Crippen molar-refractivity contribution in [1.82, 2.24) is 20.6 Å². The van der Waals surface area contributed by atoms with E-state index in [4.69, 9.17) is 4.74 Å². The fourth-order valence-electron chi connectivity index (χ4n) is 3.02. The predicted molar refractivity (Wildman–Crippen MR) is 82.5 cm³/mol. The van der Waals surface area contributed by atoms with Crippen LogP contribution < -0.4 is 10.9 Å². The van der Waals surface area contributed by atoms with Gasteiger partial charge in [0.15, 0.2) is 0 Å². The Morgan fingerprint density at radius 2 is 2.00 bits per heavy atom. The van der Waals surface area contributed by atoms with Crippen molar-refractivity contribution < 1.29 is 9.53 Å². The van der Waals surface area contributed by atoms with Crippen molar-refractivity contribution in [3.8, 4) is 5.69 Å². The Kier molecular flexibility index (Phi) is 3.96. The van der Waals surface area contributed by atoms with Gasteiger partial charge in [-0.25, -0.2) is 15.5 Å². The maximum absolute atomic E-state index is 11.6. The van der Waals surface area contributed by atoms with Crippen LogP contribution in [0.25, 0.3) is 5.69 Å². The van der Waals surface area contributed by atoms with Gasteiger partial charge < -0.3 is 4.74 Å². The van der Waals surface area contributed by atoms with Gasteiger partial charge in [0.05, 0.1) is 24.5 Å². The lowest BCUT2D eigenvalue weighted by molar-refractivity contribution is -0.142. The SMILES string of the molecule is COC(=O)C1CC(c2c(C)nn(-c3ccccc3)c2C)NN1. The molecule has 0 bridgehead atoms. The average Bonchev–Trinajstić information content (AvgIpc) is 3.12. The minimum absolute atomic E-state index is 0.0431. The van der Waals surface area contributed by atoms with Crippen LogP contribution in [0.2, 0.25) is 0 Å². The van der Waals surface area contributed by atoms with Crippen LogP contribution in [0.5, 0.6) is 0 Å². The maximum Gasteiger partial charge on any atom is 0.324 e. The highest BCUT2D eigenvalue weighted by molar-refractivity contribution is 5.76. The summed E-state index contributed by atoms with van der Waals surface area (Å²) >= 11 is 0. The molecular formula is C16H20N4O2. The third kappa shape index (κ3) is 2.51. The van der Waals surface area contributed by atoms with E-state index in [1.54, 1.807) is 0 Å². The third-order valence-corrected chi connectivity index (χ3v) is 4.09. The number of ether oxygens (including phenoxy) is 1. The van der Waals surface area contributed by atoms with E-state index in [9.17, 15) is 4.79 Å². The minimum atomic E-state index is -0.325. The Morgan fingerprint density at radius 3 is 2.68 bits per heavy atom. The van der Waals surface area contributed by atoms with Gasteiger partial charge >= 0.3 is 5.97 Å². The van der Waals surface area contributed by atoms with Gasteiger partial charge in [-0.3, -0.25) is 4.79 Å². The molecule has 1 aromatic heterocycles. The molecule has 2 aromatic rings. The Bertz CT molecular complexity index is 681. The van der Waals surface area contributed by atoms with Crippen LogP contribution in [0.3, 0.4) is 0 Å². The summed E-state index contributed by atoms with van der Waals surface area (Å²) in [5.74, 6) is -0.249. The molecule has 1 aromatic carbocycles. The predicted octanol–water partition coefficient (Wildman–Crippen LogP) is 1.57. The number of nitrogens with one attached hydrogen (secondary N) is 2. The van der Waals surface area contributed by atoms with Crippen LogP contribution in [-0.4, -0.2) is 28.9 Å². The molecule has 3 rings (SSSR count). The molecule has 2 N–H and O–H groups in total. The lowest BCUT2D eigenvalue weighted by atomic mass is 10.0. The first-order chi connectivity index (χ1) is 10.6. The molecule has 0 spiro atoms. The zero-order valence-electron chi connectivity index (χ0n) is 13.0. The number of aryl methyl sites for hydroxylation is 1. The molecule has 116 valence electrons. The number of carbonyl (C=O) groups is 1. The first-order valence-electron chi connectivity index (χ1n) is 7.32. The zero-order valence-corrected chi connectivity index (χ0v) is 13.0. The second-order valence-electron chi connectivity index (χ2n) is 5.48. The number of nitrogens with zero attached hydrogens (tertiary/aromatic N) is 2. The van der Waals surface area contributed by atoms with Crippen molar-refractivity contribution in [2.24, 2.45) is 0 Å². The zero-order chi connectivity index (χ0) is 15.7. The van der Waals surface area contributed by atoms with Crippen LogP contribution in [0.15, 0.2) is 30.3 Å². The van der Waals surface area contributed by atoms with E-state index < -0.39 is 0 Å². The average molecular weight is 300 g/mol. The minimum Gasteiger partial charge on any atom is -0.468 e. The number of hydrogen-bond donors (Lipinski definition) is 2. The number of benzene rings is 1. The van der Waals surface area contributed by atoms with Gasteiger partial charge in [-0.15, -0.1) is 0 Å². The topological polar surface area (TPSA) is 68.2 Å². The van der Waals surface area contributed by atoms with Gasteiger partial charge in [0, 0.05) is 11.3 Å². The summed E-state index contributed by atoms with van der Waals surface area (Å²) in [5, 5.41) is 4.65. The van der Waals surface area contributed by atoms with E-state index in [0.717, 1.165) is 22.6 Å². The number of hydrogen-bond acceptors (Lipinski definition) is 5. The molecule has 6 heteroatoms. The fraction of sp³-hybridized carbons (Fsp3) is 0.375. The summed E-state index contributed by atoms with van der Waals surface area (Å²) in [7, 11) is 1.40. The Morgan fingerprint density at radius 1 is 1.27 bits per heavy atom. The van der Waals surface area contributed by atoms with Crippen molar-refractivity contribution >= 4 is 5.97 Å². The van der Waals surface area contributed by atoms with Crippen molar-refractivity contribution in [3.63, 3.8) is 0 Å². The molecule has 1 saturated heterocycles. The lowest BCUT2D eigenvalue weighted by Gasteiger charge is -2.11. The summed E-state index contributed by atoms with van der Waals surface area (Å²) in [6.45, 7) is 4.05. The van der Waals surface area contributed by atoms with E-state index in [1.165, 1.54) is 7.11 Å². The van der Waals surface area contributed by atoms with Crippen LogP contribution in [0, 0.1) is 13.8 Å². The number of esters is 1. The first-order valence-corrected chi connectivity index (χ1v) is 7.32. The van der Waals surface area contributed by atoms with Gasteiger partial charge in [-0.2, -0.15) is 5.10 Å². The van der Waals surface area contributed by atoms with Gasteiger partial charge in [-0.1, -0.05) is 18.2 Å². The highest BCUT2D eigenvalue weighted by Crippen LogP contribution is 2.29. The molecule has 0 saturated carbocycles. The summed E-state index contributed by atoms with van der Waals surface area (Å²) in [5.41, 5.74) is 10.4. The molecule has 2 heterocycles. The monoisotopic (exact) mass is 300 g/mol. The summed E-state index contributed by atoms with van der Waals surface area (Å²) in [6.07, 6.45) is 0.648. The van der Waals surface area contributed by atoms with E-state index >= 15 is 0 Å². The Labute approximate surface area is 129 Å². The van der Waals surface area contributed by atoms with Gasteiger partial charge in [0.1, 0.15) is 6.04 Å².